The molecule has 2 nitrogen and oxygen atoms in total. The molecule has 0 aliphatic heterocycles. The quantitative estimate of drug-likeness (QED) is 0.872. The van der Waals surface area contributed by atoms with Crippen LogP contribution in [0.15, 0.2) is 53.6 Å². The number of hydrogen-bond donors (Lipinski definition) is 1. The van der Waals surface area contributed by atoms with Crippen LogP contribution in [0.5, 0.6) is 0 Å². The van der Waals surface area contributed by atoms with E-state index in [-0.39, 0.29) is 6.04 Å². The summed E-state index contributed by atoms with van der Waals surface area (Å²) in [7, 11) is 0. The summed E-state index contributed by atoms with van der Waals surface area (Å²) < 4.78 is 0. The predicted octanol–water partition coefficient (Wildman–Crippen LogP) is 3.62. The van der Waals surface area contributed by atoms with Crippen molar-refractivity contribution in [1.29, 1.82) is 0 Å². The summed E-state index contributed by atoms with van der Waals surface area (Å²) in [5.74, 6) is 1.36. The molecule has 2 unspecified atom stereocenters. The summed E-state index contributed by atoms with van der Waals surface area (Å²) in [5, 5.41) is 0. The number of thioether (sulfide) groups is 1. The first-order valence-electron chi connectivity index (χ1n) is 7.22. The lowest BCUT2D eigenvalue weighted by Crippen LogP contribution is -2.33. The average molecular weight is 284 g/mol. The molecule has 0 amide bonds. The molecule has 2 N–H and O–H groups in total. The topological polar surface area (TPSA) is 38.9 Å². The van der Waals surface area contributed by atoms with Crippen LogP contribution < -0.4 is 5.73 Å². The van der Waals surface area contributed by atoms with E-state index >= 15 is 0 Å². The molecule has 0 saturated carbocycles. The Bertz CT molecular complexity index is 556. The number of benzene rings is 1. The molecular weight excluding hydrogens is 264 g/mol. The van der Waals surface area contributed by atoms with Crippen molar-refractivity contribution < 1.29 is 0 Å². The van der Waals surface area contributed by atoms with E-state index < -0.39 is 0 Å². The first kappa shape index (κ1) is 13.7. The Morgan fingerprint density at radius 3 is 2.90 bits per heavy atom. The van der Waals surface area contributed by atoms with E-state index in [1.807, 2.05) is 30.1 Å². The number of rotatable bonds is 4. The second-order valence-corrected chi connectivity index (χ2v) is 6.43. The minimum absolute atomic E-state index is 0.175. The van der Waals surface area contributed by atoms with Crippen LogP contribution in [-0.2, 0) is 6.42 Å². The zero-order valence-electron chi connectivity index (χ0n) is 11.5. The molecule has 0 fully saturated rings. The zero-order chi connectivity index (χ0) is 13.8. The van der Waals surface area contributed by atoms with Crippen molar-refractivity contribution in [3.8, 4) is 0 Å². The van der Waals surface area contributed by atoms with Crippen LogP contribution in [0.25, 0.3) is 0 Å². The smallest absolute Gasteiger partial charge is 0.0482 e. The highest BCUT2D eigenvalue weighted by molar-refractivity contribution is 7.99. The minimum Gasteiger partial charge on any atom is -0.326 e. The van der Waals surface area contributed by atoms with Gasteiger partial charge in [0.2, 0.25) is 0 Å². The third-order valence-electron chi connectivity index (χ3n) is 3.94. The van der Waals surface area contributed by atoms with E-state index in [2.05, 4.69) is 35.3 Å². The second-order valence-electron chi connectivity index (χ2n) is 5.33. The van der Waals surface area contributed by atoms with Gasteiger partial charge in [-0.2, -0.15) is 0 Å². The van der Waals surface area contributed by atoms with Gasteiger partial charge in [-0.05, 0) is 43.0 Å². The Balaban J connectivity index is 1.67. The highest BCUT2D eigenvalue weighted by atomic mass is 32.2. The summed E-state index contributed by atoms with van der Waals surface area (Å²) in [6.45, 7) is 0. The Morgan fingerprint density at radius 1 is 1.20 bits per heavy atom. The van der Waals surface area contributed by atoms with Crippen LogP contribution in [0.1, 0.15) is 30.0 Å². The molecule has 3 heteroatoms. The molecule has 1 heterocycles. The molecule has 3 rings (SSSR count). The summed E-state index contributed by atoms with van der Waals surface area (Å²) >= 11 is 1.84. The molecule has 0 radical (unpaired) electrons. The Labute approximate surface area is 124 Å². The van der Waals surface area contributed by atoms with E-state index in [1.54, 1.807) is 0 Å². The lowest BCUT2D eigenvalue weighted by molar-refractivity contribution is 0.477. The van der Waals surface area contributed by atoms with Crippen molar-refractivity contribution in [2.24, 2.45) is 5.73 Å². The summed E-state index contributed by atoms with van der Waals surface area (Å²) in [5.41, 5.74) is 9.08. The third kappa shape index (κ3) is 3.05. The fourth-order valence-electron chi connectivity index (χ4n) is 2.89. The van der Waals surface area contributed by atoms with Gasteiger partial charge in [0.15, 0.2) is 0 Å². The molecule has 0 spiro atoms. The van der Waals surface area contributed by atoms with Crippen LogP contribution in [0.4, 0.5) is 0 Å². The van der Waals surface area contributed by atoms with E-state index in [1.165, 1.54) is 29.0 Å². The first-order chi connectivity index (χ1) is 9.84. The van der Waals surface area contributed by atoms with Gasteiger partial charge in [-0.25, -0.2) is 0 Å². The van der Waals surface area contributed by atoms with Gasteiger partial charge in [-0.15, -0.1) is 11.8 Å². The molecule has 1 aromatic heterocycles. The number of pyridine rings is 1. The Hall–Kier alpha value is -1.32. The Morgan fingerprint density at radius 2 is 2.05 bits per heavy atom. The SMILES string of the molecule is NC(CSc1ccccc1)C1CCCc2cccnc21. The molecule has 2 atom stereocenters. The van der Waals surface area contributed by atoms with Crippen molar-refractivity contribution in [1.82, 2.24) is 4.98 Å². The van der Waals surface area contributed by atoms with Gasteiger partial charge in [-0.3, -0.25) is 4.98 Å². The van der Waals surface area contributed by atoms with Crippen molar-refractivity contribution in [2.75, 3.05) is 5.75 Å². The number of hydrogen-bond acceptors (Lipinski definition) is 3. The fraction of sp³-hybridized carbons (Fsp3) is 0.353. The molecule has 20 heavy (non-hydrogen) atoms. The van der Waals surface area contributed by atoms with Gasteiger partial charge < -0.3 is 5.73 Å². The van der Waals surface area contributed by atoms with Crippen molar-refractivity contribution in [2.45, 2.75) is 36.1 Å². The van der Waals surface area contributed by atoms with Crippen LogP contribution in [0.3, 0.4) is 0 Å². The molecule has 1 aliphatic rings. The number of aromatic nitrogens is 1. The van der Waals surface area contributed by atoms with Gasteiger partial charge in [0, 0.05) is 34.5 Å². The number of nitrogens with zero attached hydrogens (tertiary/aromatic N) is 1. The lowest BCUT2D eigenvalue weighted by atomic mass is 9.83. The summed E-state index contributed by atoms with van der Waals surface area (Å²) in [6, 6.07) is 14.9. The van der Waals surface area contributed by atoms with Crippen LogP contribution in [0.2, 0.25) is 0 Å². The zero-order valence-corrected chi connectivity index (χ0v) is 12.4. The maximum Gasteiger partial charge on any atom is 0.0482 e. The molecule has 104 valence electrons. The second kappa shape index (κ2) is 6.42. The van der Waals surface area contributed by atoms with Gasteiger partial charge in [0.25, 0.3) is 0 Å². The van der Waals surface area contributed by atoms with Gasteiger partial charge >= 0.3 is 0 Å². The molecule has 1 aromatic carbocycles. The molecular formula is C17H20N2S. The molecule has 1 aliphatic carbocycles. The van der Waals surface area contributed by atoms with Crippen molar-refractivity contribution in [3.63, 3.8) is 0 Å². The standard InChI is InChI=1S/C17H20N2S/c18-16(12-20-14-8-2-1-3-9-14)15-10-4-6-13-7-5-11-19-17(13)15/h1-3,5,7-9,11,15-16H,4,6,10,12,18H2. The summed E-state index contributed by atoms with van der Waals surface area (Å²) in [6.07, 6.45) is 5.44. The number of fused-ring (bicyclic) bond motifs is 1. The van der Waals surface area contributed by atoms with Gasteiger partial charge in [0.1, 0.15) is 0 Å². The van der Waals surface area contributed by atoms with Crippen LogP contribution in [0, 0.1) is 0 Å². The highest BCUT2D eigenvalue weighted by Gasteiger charge is 2.26. The number of aryl methyl sites for hydroxylation is 1. The van der Waals surface area contributed by atoms with E-state index in [4.69, 9.17) is 5.73 Å². The highest BCUT2D eigenvalue weighted by Crippen LogP contribution is 2.33. The molecule has 0 saturated heterocycles. The maximum atomic E-state index is 6.45. The number of nitrogens with two attached hydrogens (primary N) is 1. The van der Waals surface area contributed by atoms with Gasteiger partial charge in [0.05, 0.1) is 0 Å². The van der Waals surface area contributed by atoms with E-state index in [0.29, 0.717) is 5.92 Å². The monoisotopic (exact) mass is 284 g/mol. The summed E-state index contributed by atoms with van der Waals surface area (Å²) in [4.78, 5) is 5.88. The van der Waals surface area contributed by atoms with Crippen molar-refractivity contribution in [3.05, 3.63) is 59.9 Å². The molecule has 0 bridgehead atoms. The van der Waals surface area contributed by atoms with Gasteiger partial charge in [-0.1, -0.05) is 24.3 Å². The predicted molar refractivity (Wildman–Crippen MR) is 85.1 cm³/mol. The first-order valence-corrected chi connectivity index (χ1v) is 8.20. The lowest BCUT2D eigenvalue weighted by Gasteiger charge is -2.28. The molecule has 2 aromatic rings. The fourth-order valence-corrected chi connectivity index (χ4v) is 3.85. The third-order valence-corrected chi connectivity index (χ3v) is 5.10. The van der Waals surface area contributed by atoms with E-state index in [9.17, 15) is 0 Å². The van der Waals surface area contributed by atoms with Crippen LogP contribution in [-0.4, -0.2) is 16.8 Å². The largest absolute Gasteiger partial charge is 0.326 e. The average Bonchev–Trinajstić information content (AvgIpc) is 2.53. The maximum absolute atomic E-state index is 6.45. The Kier molecular flexibility index (Phi) is 4.38. The van der Waals surface area contributed by atoms with E-state index in [0.717, 1.165) is 12.2 Å². The van der Waals surface area contributed by atoms with Crippen molar-refractivity contribution >= 4 is 11.8 Å². The normalized spacial score (nSPS) is 19.4. The minimum atomic E-state index is 0.175. The van der Waals surface area contributed by atoms with Crippen LogP contribution >= 0.6 is 11.8 Å².